The van der Waals surface area contributed by atoms with Gasteiger partial charge in [0.1, 0.15) is 17.5 Å². The standard InChI is InChI=1S/C27H35BrN2O4/c1-20(27(32)29-23-7-4-3-5-8-23)30(19-21-10-12-22(28)13-11-21)26(31)9-6-18-34-25-16-14-24(33-2)15-17-25/h10-17,20,23H,3-9,18-19H2,1-2H3,(H,29,32)/t20-/m0/s1. The van der Waals surface area contributed by atoms with Gasteiger partial charge in [-0.2, -0.15) is 0 Å². The molecule has 2 aromatic rings. The van der Waals surface area contributed by atoms with Crippen LogP contribution >= 0.6 is 15.9 Å². The van der Waals surface area contributed by atoms with Gasteiger partial charge in [0.25, 0.3) is 0 Å². The summed E-state index contributed by atoms with van der Waals surface area (Å²) in [4.78, 5) is 27.9. The number of ether oxygens (including phenoxy) is 2. The van der Waals surface area contributed by atoms with Gasteiger partial charge >= 0.3 is 0 Å². The minimum atomic E-state index is -0.541. The second kappa shape index (κ2) is 13.4. The van der Waals surface area contributed by atoms with Crippen LogP contribution in [0.2, 0.25) is 0 Å². The molecule has 2 aromatic carbocycles. The molecule has 0 saturated heterocycles. The van der Waals surface area contributed by atoms with Crippen molar-refractivity contribution in [3.05, 3.63) is 58.6 Å². The zero-order chi connectivity index (χ0) is 24.3. The first-order valence-electron chi connectivity index (χ1n) is 12.1. The van der Waals surface area contributed by atoms with Gasteiger partial charge in [-0.3, -0.25) is 9.59 Å². The third-order valence-corrected chi connectivity index (χ3v) is 6.78. The fraction of sp³-hybridized carbons (Fsp3) is 0.481. The fourth-order valence-corrected chi connectivity index (χ4v) is 4.43. The molecule has 7 heteroatoms. The quantitative estimate of drug-likeness (QED) is 0.390. The summed E-state index contributed by atoms with van der Waals surface area (Å²) in [7, 11) is 1.62. The average molecular weight is 531 g/mol. The first-order valence-corrected chi connectivity index (χ1v) is 12.9. The van der Waals surface area contributed by atoms with E-state index in [1.165, 1.54) is 6.42 Å². The Hall–Kier alpha value is -2.54. The van der Waals surface area contributed by atoms with E-state index in [2.05, 4.69) is 21.2 Å². The number of carbonyl (C=O) groups excluding carboxylic acids is 2. The summed E-state index contributed by atoms with van der Waals surface area (Å²) in [6.45, 7) is 2.64. The number of halogens is 1. The fourth-order valence-electron chi connectivity index (χ4n) is 4.17. The minimum Gasteiger partial charge on any atom is -0.497 e. The van der Waals surface area contributed by atoms with Gasteiger partial charge in [-0.05, 0) is 68.1 Å². The third-order valence-electron chi connectivity index (χ3n) is 6.25. The molecular formula is C27H35BrN2O4. The van der Waals surface area contributed by atoms with E-state index in [-0.39, 0.29) is 17.9 Å². The van der Waals surface area contributed by atoms with Gasteiger partial charge in [0.15, 0.2) is 0 Å². The highest BCUT2D eigenvalue weighted by atomic mass is 79.9. The Morgan fingerprint density at radius 3 is 2.32 bits per heavy atom. The van der Waals surface area contributed by atoms with Crippen molar-refractivity contribution in [3.63, 3.8) is 0 Å². The molecule has 0 aliphatic heterocycles. The van der Waals surface area contributed by atoms with Crippen LogP contribution in [0.25, 0.3) is 0 Å². The van der Waals surface area contributed by atoms with Crippen molar-refractivity contribution in [1.82, 2.24) is 10.2 Å². The van der Waals surface area contributed by atoms with E-state index in [4.69, 9.17) is 9.47 Å². The van der Waals surface area contributed by atoms with E-state index in [0.29, 0.717) is 26.0 Å². The molecule has 6 nitrogen and oxygen atoms in total. The maximum atomic E-state index is 13.2. The average Bonchev–Trinajstić information content (AvgIpc) is 2.86. The van der Waals surface area contributed by atoms with Crippen LogP contribution in [-0.4, -0.2) is 42.5 Å². The molecule has 1 saturated carbocycles. The molecule has 3 rings (SSSR count). The number of carbonyl (C=O) groups is 2. The van der Waals surface area contributed by atoms with Gasteiger partial charge in [0.2, 0.25) is 11.8 Å². The van der Waals surface area contributed by atoms with Gasteiger partial charge in [0, 0.05) is 23.5 Å². The Labute approximate surface area is 211 Å². The van der Waals surface area contributed by atoms with Gasteiger partial charge in [-0.1, -0.05) is 47.3 Å². The van der Waals surface area contributed by atoms with Gasteiger partial charge < -0.3 is 19.7 Å². The normalized spacial score (nSPS) is 14.8. The molecule has 1 aliphatic rings. The predicted molar refractivity (Wildman–Crippen MR) is 137 cm³/mol. The highest BCUT2D eigenvalue weighted by molar-refractivity contribution is 9.10. The molecule has 2 amide bonds. The SMILES string of the molecule is COc1ccc(OCCCC(=O)N(Cc2ccc(Br)cc2)[C@@H](C)C(=O)NC2CCCCC2)cc1. The van der Waals surface area contributed by atoms with E-state index in [9.17, 15) is 9.59 Å². The van der Waals surface area contributed by atoms with Crippen LogP contribution < -0.4 is 14.8 Å². The molecule has 0 spiro atoms. The van der Waals surface area contributed by atoms with Gasteiger partial charge in [0.05, 0.1) is 13.7 Å². The van der Waals surface area contributed by atoms with Crippen molar-refractivity contribution < 1.29 is 19.1 Å². The lowest BCUT2D eigenvalue weighted by Gasteiger charge is -2.31. The zero-order valence-corrected chi connectivity index (χ0v) is 21.7. The maximum Gasteiger partial charge on any atom is 0.242 e. The molecule has 184 valence electrons. The third kappa shape index (κ3) is 8.05. The molecule has 0 bridgehead atoms. The second-order valence-electron chi connectivity index (χ2n) is 8.80. The second-order valence-corrected chi connectivity index (χ2v) is 9.71. The van der Waals surface area contributed by atoms with E-state index in [1.807, 2.05) is 55.5 Å². The van der Waals surface area contributed by atoms with Gasteiger partial charge in [-0.25, -0.2) is 0 Å². The zero-order valence-electron chi connectivity index (χ0n) is 20.1. The predicted octanol–water partition coefficient (Wildman–Crippen LogP) is 5.48. The summed E-state index contributed by atoms with van der Waals surface area (Å²) in [6, 6.07) is 14.9. The molecule has 1 N–H and O–H groups in total. The monoisotopic (exact) mass is 530 g/mol. The summed E-state index contributed by atoms with van der Waals surface area (Å²) in [5.74, 6) is 1.38. The van der Waals surface area contributed by atoms with E-state index < -0.39 is 6.04 Å². The molecule has 0 heterocycles. The van der Waals surface area contributed by atoms with Crippen LogP contribution in [0, 0.1) is 0 Å². The van der Waals surface area contributed by atoms with Crippen LogP contribution in [0.3, 0.4) is 0 Å². The molecule has 0 aromatic heterocycles. The first-order chi connectivity index (χ1) is 16.5. The number of methoxy groups -OCH3 is 1. The maximum absolute atomic E-state index is 13.2. The Morgan fingerprint density at radius 2 is 1.68 bits per heavy atom. The van der Waals surface area contributed by atoms with Crippen LogP contribution in [0.4, 0.5) is 0 Å². The van der Waals surface area contributed by atoms with Crippen molar-refractivity contribution in [1.29, 1.82) is 0 Å². The summed E-state index contributed by atoms with van der Waals surface area (Å²) in [5, 5.41) is 3.17. The number of nitrogens with zero attached hydrogens (tertiary/aromatic N) is 1. The van der Waals surface area contributed by atoms with Crippen LogP contribution in [-0.2, 0) is 16.1 Å². The lowest BCUT2D eigenvalue weighted by molar-refractivity contribution is -0.141. The Bertz CT molecular complexity index is 911. The molecule has 0 unspecified atom stereocenters. The number of hydrogen-bond donors (Lipinski definition) is 1. The first kappa shape index (κ1) is 26.1. The lowest BCUT2D eigenvalue weighted by Crippen LogP contribution is -2.50. The van der Waals surface area contributed by atoms with E-state index >= 15 is 0 Å². The van der Waals surface area contributed by atoms with Crippen molar-refractivity contribution >= 4 is 27.7 Å². The highest BCUT2D eigenvalue weighted by Crippen LogP contribution is 2.20. The number of nitrogens with one attached hydrogen (secondary N) is 1. The van der Waals surface area contributed by atoms with Crippen molar-refractivity contribution in [2.45, 2.75) is 70.5 Å². The largest absolute Gasteiger partial charge is 0.497 e. The number of rotatable bonds is 11. The topological polar surface area (TPSA) is 67.9 Å². The van der Waals surface area contributed by atoms with Gasteiger partial charge in [-0.15, -0.1) is 0 Å². The molecular weight excluding hydrogens is 496 g/mol. The summed E-state index contributed by atoms with van der Waals surface area (Å²) < 4.78 is 11.9. The van der Waals surface area contributed by atoms with Crippen molar-refractivity contribution in [2.75, 3.05) is 13.7 Å². The van der Waals surface area contributed by atoms with E-state index in [1.54, 1.807) is 12.0 Å². The highest BCUT2D eigenvalue weighted by Gasteiger charge is 2.27. The Morgan fingerprint density at radius 1 is 1.03 bits per heavy atom. The number of amides is 2. The van der Waals surface area contributed by atoms with Crippen LogP contribution in [0.15, 0.2) is 53.0 Å². The van der Waals surface area contributed by atoms with Crippen molar-refractivity contribution in [2.24, 2.45) is 0 Å². The smallest absolute Gasteiger partial charge is 0.242 e. The summed E-state index contributed by atoms with van der Waals surface area (Å²) >= 11 is 3.45. The van der Waals surface area contributed by atoms with Crippen LogP contribution in [0.1, 0.15) is 57.4 Å². The summed E-state index contributed by atoms with van der Waals surface area (Å²) in [6.07, 6.45) is 6.44. The minimum absolute atomic E-state index is 0.0486. The molecule has 34 heavy (non-hydrogen) atoms. The number of hydrogen-bond acceptors (Lipinski definition) is 4. The molecule has 1 fully saturated rings. The Balaban J connectivity index is 1.58. The van der Waals surface area contributed by atoms with Crippen LogP contribution in [0.5, 0.6) is 11.5 Å². The van der Waals surface area contributed by atoms with Crippen molar-refractivity contribution in [3.8, 4) is 11.5 Å². The molecule has 1 aliphatic carbocycles. The number of benzene rings is 2. The van der Waals surface area contributed by atoms with E-state index in [0.717, 1.165) is 47.2 Å². The Kier molecular flexibility index (Phi) is 10.3. The molecule has 0 radical (unpaired) electrons. The molecule has 1 atom stereocenters. The lowest BCUT2D eigenvalue weighted by atomic mass is 9.95. The summed E-state index contributed by atoms with van der Waals surface area (Å²) in [5.41, 5.74) is 0.989.